The quantitative estimate of drug-likeness (QED) is 0.696. The molecule has 4 rings (SSSR count). The maximum atomic E-state index is 4.89. The van der Waals surface area contributed by atoms with E-state index in [9.17, 15) is 0 Å². The van der Waals surface area contributed by atoms with Gasteiger partial charge < -0.3 is 9.88 Å². The zero-order chi connectivity index (χ0) is 16.7. The van der Waals surface area contributed by atoms with Gasteiger partial charge in [0.25, 0.3) is 0 Å². The molecule has 24 heavy (non-hydrogen) atoms. The number of para-hydroxylation sites is 2. The van der Waals surface area contributed by atoms with Crippen molar-refractivity contribution >= 4 is 16.8 Å². The van der Waals surface area contributed by atoms with E-state index in [4.69, 9.17) is 4.98 Å². The minimum absolute atomic E-state index is 0.114. The van der Waals surface area contributed by atoms with E-state index in [1.54, 1.807) is 0 Å². The van der Waals surface area contributed by atoms with Crippen LogP contribution in [0.2, 0.25) is 0 Å². The highest BCUT2D eigenvalue weighted by Crippen LogP contribution is 2.29. The van der Waals surface area contributed by atoms with Gasteiger partial charge in [-0.1, -0.05) is 32.9 Å². The third-order valence-corrected chi connectivity index (χ3v) is 4.99. The number of hydrogen-bond donors (Lipinski definition) is 1. The van der Waals surface area contributed by atoms with E-state index in [0.29, 0.717) is 0 Å². The first kappa shape index (κ1) is 15.7. The number of aromatic nitrogens is 3. The predicted octanol–water partition coefficient (Wildman–Crippen LogP) is 3.98. The second-order valence-corrected chi connectivity index (χ2v) is 8.19. The monoisotopic (exact) mass is 324 g/mol. The van der Waals surface area contributed by atoms with Crippen LogP contribution in [0.25, 0.3) is 16.8 Å². The van der Waals surface area contributed by atoms with Crippen molar-refractivity contribution in [3.05, 3.63) is 36.2 Å². The van der Waals surface area contributed by atoms with Crippen LogP contribution in [0.5, 0.6) is 0 Å². The number of nitrogens with zero attached hydrogens (tertiary/aromatic N) is 3. The number of aryl methyl sites for hydroxylation is 1. The second-order valence-electron chi connectivity index (χ2n) is 8.19. The van der Waals surface area contributed by atoms with Gasteiger partial charge in [0, 0.05) is 23.9 Å². The Kier molecular flexibility index (Phi) is 3.87. The smallest absolute Gasteiger partial charge is 0.215 e. The topological polar surface area (TPSA) is 34.3 Å². The van der Waals surface area contributed by atoms with Gasteiger partial charge in [0.15, 0.2) is 0 Å². The lowest BCUT2D eigenvalue weighted by molar-refractivity contribution is 0.501. The Bertz CT molecular complexity index is 846. The molecule has 0 aliphatic heterocycles. The second kappa shape index (κ2) is 5.92. The molecular weight excluding hydrogens is 296 g/mol. The van der Waals surface area contributed by atoms with Gasteiger partial charge in [0.05, 0.1) is 11.0 Å². The van der Waals surface area contributed by atoms with E-state index in [0.717, 1.165) is 36.7 Å². The first-order chi connectivity index (χ1) is 11.5. The molecule has 0 radical (unpaired) electrons. The molecule has 2 aromatic heterocycles. The molecule has 1 aromatic carbocycles. The summed E-state index contributed by atoms with van der Waals surface area (Å²) in [5.74, 6) is 2.02. The van der Waals surface area contributed by atoms with E-state index < -0.39 is 0 Å². The summed E-state index contributed by atoms with van der Waals surface area (Å²) in [5.41, 5.74) is 3.75. The van der Waals surface area contributed by atoms with Crippen LogP contribution < -0.4 is 5.32 Å². The van der Waals surface area contributed by atoms with Crippen LogP contribution in [0.1, 0.15) is 45.7 Å². The predicted molar refractivity (Wildman–Crippen MR) is 99.6 cm³/mol. The molecule has 0 unspecified atom stereocenters. The number of nitrogens with one attached hydrogen (secondary N) is 1. The number of benzene rings is 1. The molecule has 3 aromatic rings. The van der Waals surface area contributed by atoms with Gasteiger partial charge in [-0.05, 0) is 50.4 Å². The molecular formula is C20H28N4. The normalized spacial score (nSPS) is 15.6. The molecule has 1 aliphatic rings. The van der Waals surface area contributed by atoms with Crippen molar-refractivity contribution in [2.75, 3.05) is 13.1 Å². The zero-order valence-corrected chi connectivity index (χ0v) is 15.0. The molecule has 4 heteroatoms. The molecule has 0 amide bonds. The molecule has 1 aliphatic carbocycles. The van der Waals surface area contributed by atoms with Crippen molar-refractivity contribution < 1.29 is 0 Å². The standard InChI is InChI=1S/C20H28N4/c1-20(2,3)18-14-24-17-8-5-4-7-16(17)22-19(24)23(18)12-6-11-21-13-15-9-10-15/h4-5,7-8,14-15,21H,6,9-13H2,1-3H3. The van der Waals surface area contributed by atoms with Crippen LogP contribution in [-0.4, -0.2) is 27.0 Å². The summed E-state index contributed by atoms with van der Waals surface area (Å²) in [6.45, 7) is 10.2. The molecule has 0 spiro atoms. The summed E-state index contributed by atoms with van der Waals surface area (Å²) in [7, 11) is 0. The number of hydrogen-bond acceptors (Lipinski definition) is 2. The lowest BCUT2D eigenvalue weighted by Gasteiger charge is -2.21. The van der Waals surface area contributed by atoms with Gasteiger partial charge in [-0.25, -0.2) is 4.98 Å². The zero-order valence-electron chi connectivity index (χ0n) is 15.0. The van der Waals surface area contributed by atoms with E-state index in [-0.39, 0.29) is 5.41 Å². The Morgan fingerprint density at radius 3 is 2.75 bits per heavy atom. The average molecular weight is 324 g/mol. The maximum absolute atomic E-state index is 4.89. The third kappa shape index (κ3) is 2.95. The fourth-order valence-electron chi connectivity index (χ4n) is 3.46. The summed E-state index contributed by atoms with van der Waals surface area (Å²) in [4.78, 5) is 4.89. The fraction of sp³-hybridized carbons (Fsp3) is 0.550. The van der Waals surface area contributed by atoms with Crippen LogP contribution in [0.3, 0.4) is 0 Å². The van der Waals surface area contributed by atoms with Crippen molar-refractivity contribution in [2.45, 2.75) is 52.0 Å². The van der Waals surface area contributed by atoms with Crippen molar-refractivity contribution in [1.29, 1.82) is 0 Å². The van der Waals surface area contributed by atoms with Crippen LogP contribution in [0.15, 0.2) is 30.5 Å². The highest BCUT2D eigenvalue weighted by atomic mass is 15.2. The Morgan fingerprint density at radius 1 is 1.21 bits per heavy atom. The van der Waals surface area contributed by atoms with Crippen molar-refractivity contribution in [3.8, 4) is 0 Å². The van der Waals surface area contributed by atoms with E-state index in [1.807, 2.05) is 0 Å². The minimum Gasteiger partial charge on any atom is -0.316 e. The van der Waals surface area contributed by atoms with E-state index in [1.165, 1.54) is 30.6 Å². The SMILES string of the molecule is CC(C)(C)c1cn2c3ccccc3nc2n1CCCNCC1CC1. The lowest BCUT2D eigenvalue weighted by Crippen LogP contribution is -2.22. The van der Waals surface area contributed by atoms with E-state index >= 15 is 0 Å². The molecule has 128 valence electrons. The number of imidazole rings is 2. The molecule has 0 saturated heterocycles. The van der Waals surface area contributed by atoms with Crippen LogP contribution in [0, 0.1) is 5.92 Å². The van der Waals surface area contributed by atoms with Crippen LogP contribution in [0.4, 0.5) is 0 Å². The molecule has 1 fully saturated rings. The summed E-state index contributed by atoms with van der Waals surface area (Å²) in [6.07, 6.45) is 6.26. The molecule has 0 bridgehead atoms. The Hall–Kier alpha value is -1.81. The summed E-state index contributed by atoms with van der Waals surface area (Å²) < 4.78 is 4.67. The van der Waals surface area contributed by atoms with Gasteiger partial charge in [0.2, 0.25) is 5.78 Å². The van der Waals surface area contributed by atoms with Gasteiger partial charge in [0.1, 0.15) is 0 Å². The number of rotatable bonds is 6. The molecule has 2 heterocycles. The van der Waals surface area contributed by atoms with E-state index in [2.05, 4.69) is 65.5 Å². The molecule has 1 saturated carbocycles. The largest absolute Gasteiger partial charge is 0.316 e. The summed E-state index contributed by atoms with van der Waals surface area (Å²) in [6, 6.07) is 8.40. The van der Waals surface area contributed by atoms with Crippen LogP contribution >= 0.6 is 0 Å². The highest BCUT2D eigenvalue weighted by molar-refractivity contribution is 5.79. The molecule has 0 atom stereocenters. The lowest BCUT2D eigenvalue weighted by atomic mass is 9.92. The number of fused-ring (bicyclic) bond motifs is 3. The summed E-state index contributed by atoms with van der Waals surface area (Å²) in [5, 5.41) is 3.60. The minimum atomic E-state index is 0.114. The van der Waals surface area contributed by atoms with Gasteiger partial charge in [-0.15, -0.1) is 0 Å². The maximum Gasteiger partial charge on any atom is 0.215 e. The third-order valence-electron chi connectivity index (χ3n) is 4.99. The average Bonchev–Trinajstić information content (AvgIpc) is 3.18. The molecule has 4 nitrogen and oxygen atoms in total. The van der Waals surface area contributed by atoms with Gasteiger partial charge >= 0.3 is 0 Å². The van der Waals surface area contributed by atoms with Gasteiger partial charge in [-0.3, -0.25) is 4.40 Å². The van der Waals surface area contributed by atoms with Crippen LogP contribution in [-0.2, 0) is 12.0 Å². The highest BCUT2D eigenvalue weighted by Gasteiger charge is 2.23. The van der Waals surface area contributed by atoms with Crippen molar-refractivity contribution in [1.82, 2.24) is 19.3 Å². The van der Waals surface area contributed by atoms with Crippen molar-refractivity contribution in [2.24, 2.45) is 5.92 Å². The first-order valence-electron chi connectivity index (χ1n) is 9.21. The Balaban J connectivity index is 1.62. The van der Waals surface area contributed by atoms with Gasteiger partial charge in [-0.2, -0.15) is 0 Å². The first-order valence-corrected chi connectivity index (χ1v) is 9.21. The Morgan fingerprint density at radius 2 is 2.00 bits per heavy atom. The molecule has 1 N–H and O–H groups in total. The Labute approximate surface area is 143 Å². The summed E-state index contributed by atoms with van der Waals surface area (Å²) >= 11 is 0. The van der Waals surface area contributed by atoms with Crippen molar-refractivity contribution in [3.63, 3.8) is 0 Å². The fourth-order valence-corrected chi connectivity index (χ4v) is 3.46.